The van der Waals surface area contributed by atoms with Gasteiger partial charge in [-0.15, -0.1) is 11.3 Å². The molecule has 2 rings (SSSR count). The number of thiophene rings is 1. The molecular weight excluding hydrogens is 409 g/mol. The van der Waals surface area contributed by atoms with E-state index in [0.29, 0.717) is 19.3 Å². The summed E-state index contributed by atoms with van der Waals surface area (Å²) in [5, 5.41) is 0. The zero-order valence-corrected chi connectivity index (χ0v) is 18.7. The number of benzene rings is 1. The summed E-state index contributed by atoms with van der Waals surface area (Å²) in [6.45, 7) is 3.44. The third kappa shape index (κ3) is 8.91. The smallest absolute Gasteiger partial charge is 0.323 e. The van der Waals surface area contributed by atoms with Crippen LogP contribution < -0.4 is 5.73 Å². The van der Waals surface area contributed by atoms with E-state index in [-0.39, 0.29) is 12.4 Å². The number of hydrogen-bond acceptors (Lipinski definition) is 5. The first kappa shape index (κ1) is 23.9. The molecule has 0 bridgehead atoms. The molecule has 0 aliphatic heterocycles. The second kappa shape index (κ2) is 10.6. The molecule has 0 amide bonds. The lowest BCUT2D eigenvalue weighted by Gasteiger charge is -2.24. The predicted octanol–water partition coefficient (Wildman–Crippen LogP) is 4.41. The molecule has 1 aromatic carbocycles. The van der Waals surface area contributed by atoms with Crippen LogP contribution in [0.3, 0.4) is 0 Å². The van der Waals surface area contributed by atoms with Crippen molar-refractivity contribution in [2.24, 2.45) is 5.73 Å². The summed E-state index contributed by atoms with van der Waals surface area (Å²) < 4.78 is 15.4. The third-order valence-corrected chi connectivity index (χ3v) is 6.55. The molecule has 0 fully saturated rings. The van der Waals surface area contributed by atoms with Crippen LogP contribution in [0.25, 0.3) is 0 Å². The number of phosphoric ester groups is 1. The number of rotatable bonds is 12. The van der Waals surface area contributed by atoms with Gasteiger partial charge in [0.15, 0.2) is 5.78 Å². The summed E-state index contributed by atoms with van der Waals surface area (Å²) in [6.07, 6.45) is 4.50. The highest BCUT2D eigenvalue weighted by Crippen LogP contribution is 2.37. The van der Waals surface area contributed by atoms with Gasteiger partial charge in [-0.2, -0.15) is 0 Å². The minimum absolute atomic E-state index is 0.165. The lowest BCUT2D eigenvalue weighted by molar-refractivity contribution is 0.0983. The van der Waals surface area contributed by atoms with Crippen molar-refractivity contribution < 1.29 is 23.7 Å². The average molecular weight is 440 g/mol. The summed E-state index contributed by atoms with van der Waals surface area (Å²) in [5.74, 6) is 0.165. The lowest BCUT2D eigenvalue weighted by Crippen LogP contribution is -2.41. The van der Waals surface area contributed by atoms with Gasteiger partial charge in [0.05, 0.1) is 11.5 Å². The first-order valence-electron chi connectivity index (χ1n) is 9.71. The van der Waals surface area contributed by atoms with Gasteiger partial charge in [0.2, 0.25) is 0 Å². The van der Waals surface area contributed by atoms with Crippen LogP contribution >= 0.6 is 19.2 Å². The van der Waals surface area contributed by atoms with Crippen molar-refractivity contribution in [1.29, 1.82) is 0 Å². The van der Waals surface area contributed by atoms with Crippen molar-refractivity contribution in [1.82, 2.24) is 0 Å². The summed E-state index contributed by atoms with van der Waals surface area (Å²) in [7, 11) is -4.53. The second-order valence-electron chi connectivity index (χ2n) is 7.75. The lowest BCUT2D eigenvalue weighted by atomic mass is 9.97. The molecule has 0 unspecified atom stereocenters. The minimum Gasteiger partial charge on any atom is -0.323 e. The SMILES string of the molecule is Cc1cc(C(=O)CCCCc2ccccc2)sc1CC[C@@](C)(N)COP(=O)(O)O. The molecule has 2 aromatic rings. The van der Waals surface area contributed by atoms with E-state index in [9.17, 15) is 9.36 Å². The number of aryl methyl sites for hydroxylation is 3. The van der Waals surface area contributed by atoms with E-state index in [1.54, 1.807) is 6.92 Å². The Labute approximate surface area is 176 Å². The average Bonchev–Trinajstić information content (AvgIpc) is 3.03. The van der Waals surface area contributed by atoms with E-state index in [4.69, 9.17) is 15.5 Å². The molecule has 6 nitrogen and oxygen atoms in total. The molecule has 29 heavy (non-hydrogen) atoms. The van der Waals surface area contributed by atoms with Crippen LogP contribution in [-0.4, -0.2) is 27.7 Å². The Morgan fingerprint density at radius 2 is 1.90 bits per heavy atom. The van der Waals surface area contributed by atoms with Gasteiger partial charge in [-0.25, -0.2) is 4.57 Å². The Balaban J connectivity index is 1.80. The van der Waals surface area contributed by atoms with Gasteiger partial charge in [0.1, 0.15) is 0 Å². The highest BCUT2D eigenvalue weighted by atomic mass is 32.1. The van der Waals surface area contributed by atoms with Gasteiger partial charge in [-0.3, -0.25) is 9.32 Å². The fraction of sp³-hybridized carbons (Fsp3) is 0.476. The molecule has 1 aromatic heterocycles. The Kier molecular flexibility index (Phi) is 8.76. The Bertz CT molecular complexity index is 844. The zero-order valence-electron chi connectivity index (χ0n) is 17.0. The van der Waals surface area contributed by atoms with E-state index in [1.165, 1.54) is 16.9 Å². The largest absolute Gasteiger partial charge is 0.469 e. The maximum Gasteiger partial charge on any atom is 0.469 e. The van der Waals surface area contributed by atoms with Crippen molar-refractivity contribution in [2.45, 2.75) is 57.9 Å². The molecule has 0 aliphatic rings. The number of hydrogen-bond donors (Lipinski definition) is 3. The van der Waals surface area contributed by atoms with Crippen LogP contribution in [-0.2, 0) is 21.9 Å². The first-order chi connectivity index (χ1) is 13.6. The van der Waals surface area contributed by atoms with Gasteiger partial charge in [-0.1, -0.05) is 30.3 Å². The van der Waals surface area contributed by atoms with Gasteiger partial charge in [0, 0.05) is 16.8 Å². The highest BCUT2D eigenvalue weighted by molar-refractivity contribution is 7.46. The number of ketones is 1. The first-order valence-corrected chi connectivity index (χ1v) is 12.1. The molecule has 8 heteroatoms. The number of nitrogens with two attached hydrogens (primary N) is 1. The van der Waals surface area contributed by atoms with Crippen LogP contribution in [0.4, 0.5) is 0 Å². The van der Waals surface area contributed by atoms with Crippen LogP contribution in [0.15, 0.2) is 36.4 Å². The minimum atomic E-state index is -4.53. The quantitative estimate of drug-likeness (QED) is 0.257. The molecule has 1 heterocycles. The zero-order chi connectivity index (χ0) is 21.5. The van der Waals surface area contributed by atoms with Crippen LogP contribution in [0.5, 0.6) is 0 Å². The number of phosphoric acid groups is 1. The molecule has 0 aliphatic carbocycles. The maximum absolute atomic E-state index is 12.5. The number of unbranched alkanes of at least 4 members (excludes halogenated alkanes) is 1. The summed E-state index contributed by atoms with van der Waals surface area (Å²) in [4.78, 5) is 32.0. The van der Waals surface area contributed by atoms with Gasteiger partial charge in [0.25, 0.3) is 0 Å². The fourth-order valence-corrected chi connectivity index (χ4v) is 4.59. The van der Waals surface area contributed by atoms with Crippen molar-refractivity contribution in [3.63, 3.8) is 0 Å². The molecule has 0 spiro atoms. The van der Waals surface area contributed by atoms with Crippen LogP contribution in [0, 0.1) is 6.92 Å². The molecule has 0 saturated heterocycles. The van der Waals surface area contributed by atoms with Crippen LogP contribution in [0.2, 0.25) is 0 Å². The van der Waals surface area contributed by atoms with Gasteiger partial charge < -0.3 is 15.5 Å². The molecular formula is C21H30NO5PS. The van der Waals surface area contributed by atoms with Crippen molar-refractivity contribution in [3.8, 4) is 0 Å². The normalized spacial score (nSPS) is 14.0. The van der Waals surface area contributed by atoms with E-state index >= 15 is 0 Å². The predicted molar refractivity (Wildman–Crippen MR) is 116 cm³/mol. The summed E-state index contributed by atoms with van der Waals surface area (Å²) in [6, 6.07) is 12.2. The van der Waals surface area contributed by atoms with Crippen molar-refractivity contribution in [2.75, 3.05) is 6.61 Å². The van der Waals surface area contributed by atoms with Gasteiger partial charge in [-0.05, 0) is 63.1 Å². The van der Waals surface area contributed by atoms with Crippen molar-refractivity contribution in [3.05, 3.63) is 57.3 Å². The van der Waals surface area contributed by atoms with Crippen LogP contribution in [0.1, 0.15) is 58.3 Å². The summed E-state index contributed by atoms with van der Waals surface area (Å²) >= 11 is 1.49. The van der Waals surface area contributed by atoms with E-state index in [0.717, 1.165) is 34.6 Å². The second-order valence-corrected chi connectivity index (χ2v) is 10.1. The molecule has 1 atom stereocenters. The Morgan fingerprint density at radius 1 is 1.21 bits per heavy atom. The number of carbonyl (C=O) groups is 1. The molecule has 160 valence electrons. The molecule has 0 radical (unpaired) electrons. The van der Waals surface area contributed by atoms with E-state index in [1.807, 2.05) is 31.2 Å². The Hall–Kier alpha value is -1.34. The fourth-order valence-electron chi connectivity index (χ4n) is 2.99. The van der Waals surface area contributed by atoms with Crippen molar-refractivity contribution >= 4 is 24.9 Å². The number of Topliss-reactive ketones (excluding diaryl/α,β-unsaturated/α-hetero) is 1. The number of carbonyl (C=O) groups excluding carboxylic acids is 1. The molecule has 4 N–H and O–H groups in total. The van der Waals surface area contributed by atoms with E-state index < -0.39 is 13.4 Å². The van der Waals surface area contributed by atoms with Gasteiger partial charge >= 0.3 is 7.82 Å². The monoisotopic (exact) mass is 439 g/mol. The maximum atomic E-state index is 12.5. The molecule has 0 saturated carbocycles. The topological polar surface area (TPSA) is 110 Å². The Morgan fingerprint density at radius 3 is 2.55 bits per heavy atom. The third-order valence-electron chi connectivity index (χ3n) is 4.74. The highest BCUT2D eigenvalue weighted by Gasteiger charge is 2.25. The standard InChI is InChI=1S/C21H30NO5PS/c1-16-14-20(18(23)11-7-6-10-17-8-4-3-5-9-17)29-19(16)12-13-21(2,22)15-27-28(24,25)26/h3-5,8-9,14H,6-7,10-13,15,22H2,1-2H3,(H2,24,25,26)/t21-/m1/s1. The van der Waals surface area contributed by atoms with E-state index in [2.05, 4.69) is 16.7 Å². The summed E-state index contributed by atoms with van der Waals surface area (Å²) in [5.41, 5.74) is 7.57.